The van der Waals surface area contributed by atoms with Gasteiger partial charge in [0.1, 0.15) is 24.9 Å². The van der Waals surface area contributed by atoms with Crippen LogP contribution in [0.2, 0.25) is 0 Å². The van der Waals surface area contributed by atoms with Crippen LogP contribution in [0.15, 0.2) is 34.7 Å². The normalized spacial score (nSPS) is 20.0. The van der Waals surface area contributed by atoms with Crippen molar-refractivity contribution in [2.75, 3.05) is 20.4 Å². The summed E-state index contributed by atoms with van der Waals surface area (Å²) in [6, 6.07) is 1.19. The SMILES string of the molecule is COC(=O)C1=C(CF)NC2=C(C(=O)OC2)[C@H]1c1cc(F)cc(F)c1C(C)C(C)(F)F. The number of ether oxygens (including phenoxy) is 2. The van der Waals surface area contributed by atoms with Gasteiger partial charge in [0.25, 0.3) is 5.92 Å². The van der Waals surface area contributed by atoms with Crippen molar-refractivity contribution in [3.05, 3.63) is 57.4 Å². The third-order valence-corrected chi connectivity index (χ3v) is 5.27. The first-order valence-electron chi connectivity index (χ1n) is 8.92. The molecule has 2 heterocycles. The number of benzene rings is 1. The van der Waals surface area contributed by atoms with E-state index in [1.807, 2.05) is 0 Å². The minimum atomic E-state index is -3.42. The van der Waals surface area contributed by atoms with Crippen molar-refractivity contribution in [3.8, 4) is 0 Å². The van der Waals surface area contributed by atoms with Gasteiger partial charge >= 0.3 is 11.9 Å². The number of methoxy groups -OCH3 is 1. The Morgan fingerprint density at radius 2 is 2.03 bits per heavy atom. The predicted octanol–water partition coefficient (Wildman–Crippen LogP) is 3.62. The van der Waals surface area contributed by atoms with E-state index in [0.29, 0.717) is 13.0 Å². The van der Waals surface area contributed by atoms with Crippen LogP contribution in [0.1, 0.15) is 36.8 Å². The largest absolute Gasteiger partial charge is 0.466 e. The Labute approximate surface area is 168 Å². The molecule has 1 unspecified atom stereocenters. The van der Waals surface area contributed by atoms with Crippen molar-refractivity contribution in [2.45, 2.75) is 31.6 Å². The summed E-state index contributed by atoms with van der Waals surface area (Å²) in [6.07, 6.45) is 0. The second-order valence-electron chi connectivity index (χ2n) is 7.11. The summed E-state index contributed by atoms with van der Waals surface area (Å²) < 4.78 is 80.4. The predicted molar refractivity (Wildman–Crippen MR) is 94.3 cm³/mol. The number of esters is 2. The monoisotopic (exact) mass is 431 g/mol. The molecule has 0 spiro atoms. The molecule has 3 rings (SSSR count). The lowest BCUT2D eigenvalue weighted by molar-refractivity contribution is -0.136. The number of alkyl halides is 3. The van der Waals surface area contributed by atoms with E-state index in [9.17, 15) is 31.5 Å². The number of allylic oxidation sites excluding steroid dienone is 1. The second-order valence-corrected chi connectivity index (χ2v) is 7.11. The van der Waals surface area contributed by atoms with E-state index in [4.69, 9.17) is 4.74 Å². The minimum Gasteiger partial charge on any atom is -0.466 e. The van der Waals surface area contributed by atoms with Gasteiger partial charge in [-0.2, -0.15) is 0 Å². The van der Waals surface area contributed by atoms with E-state index in [2.05, 4.69) is 10.1 Å². The zero-order chi connectivity index (χ0) is 22.4. The first kappa shape index (κ1) is 21.8. The number of rotatable bonds is 5. The highest BCUT2D eigenvalue weighted by Crippen LogP contribution is 2.46. The van der Waals surface area contributed by atoms with Gasteiger partial charge in [-0.05, 0) is 18.6 Å². The van der Waals surface area contributed by atoms with Gasteiger partial charge in [-0.15, -0.1) is 0 Å². The molecule has 2 atom stereocenters. The third-order valence-electron chi connectivity index (χ3n) is 5.27. The van der Waals surface area contributed by atoms with Crippen molar-refractivity contribution < 1.29 is 41.0 Å². The molecule has 1 aromatic rings. The number of carbonyl (C=O) groups excluding carboxylic acids is 2. The highest BCUT2D eigenvalue weighted by atomic mass is 19.3. The molecule has 0 radical (unpaired) electrons. The summed E-state index contributed by atoms with van der Waals surface area (Å²) in [5.41, 5.74) is -1.89. The van der Waals surface area contributed by atoms with Gasteiger partial charge in [0.05, 0.1) is 35.6 Å². The highest BCUT2D eigenvalue weighted by Gasteiger charge is 2.46. The summed E-state index contributed by atoms with van der Waals surface area (Å²) in [6.45, 7) is 0.0831. The number of dihydropyridines is 1. The lowest BCUT2D eigenvalue weighted by Gasteiger charge is -2.31. The van der Waals surface area contributed by atoms with Crippen LogP contribution in [-0.4, -0.2) is 38.3 Å². The zero-order valence-corrected chi connectivity index (χ0v) is 16.2. The summed E-state index contributed by atoms with van der Waals surface area (Å²) in [4.78, 5) is 24.8. The Hall–Kier alpha value is -2.91. The van der Waals surface area contributed by atoms with Crippen molar-refractivity contribution >= 4 is 11.9 Å². The topological polar surface area (TPSA) is 64.6 Å². The first-order chi connectivity index (χ1) is 14.0. The third kappa shape index (κ3) is 3.54. The summed E-state index contributed by atoms with van der Waals surface area (Å²) in [7, 11) is 0.995. The van der Waals surface area contributed by atoms with Crippen LogP contribution in [0.25, 0.3) is 0 Å². The Balaban J connectivity index is 2.37. The van der Waals surface area contributed by atoms with E-state index in [1.165, 1.54) is 0 Å². The van der Waals surface area contributed by atoms with Crippen molar-refractivity contribution in [2.24, 2.45) is 0 Å². The molecule has 0 amide bonds. The zero-order valence-electron chi connectivity index (χ0n) is 16.2. The van der Waals surface area contributed by atoms with Crippen LogP contribution in [0.5, 0.6) is 0 Å². The van der Waals surface area contributed by atoms with Crippen LogP contribution in [0, 0.1) is 11.6 Å². The number of carbonyl (C=O) groups is 2. The van der Waals surface area contributed by atoms with Gasteiger partial charge in [-0.1, -0.05) is 6.92 Å². The highest BCUT2D eigenvalue weighted by molar-refractivity contribution is 6.01. The van der Waals surface area contributed by atoms with E-state index >= 15 is 0 Å². The summed E-state index contributed by atoms with van der Waals surface area (Å²) in [5, 5.41) is 2.57. The summed E-state index contributed by atoms with van der Waals surface area (Å²) in [5.74, 6) is -11.1. The maximum absolute atomic E-state index is 14.7. The average Bonchev–Trinajstić information content (AvgIpc) is 3.04. The first-order valence-corrected chi connectivity index (χ1v) is 8.92. The molecule has 0 saturated carbocycles. The maximum atomic E-state index is 14.7. The molecule has 5 nitrogen and oxygen atoms in total. The van der Waals surface area contributed by atoms with Crippen LogP contribution in [0.4, 0.5) is 22.0 Å². The quantitative estimate of drug-likeness (QED) is 0.570. The Bertz CT molecular complexity index is 980. The fourth-order valence-corrected chi connectivity index (χ4v) is 3.70. The fourth-order valence-electron chi connectivity index (χ4n) is 3.70. The van der Waals surface area contributed by atoms with Crippen molar-refractivity contribution in [1.29, 1.82) is 0 Å². The molecule has 0 aromatic heterocycles. The number of hydrogen-bond acceptors (Lipinski definition) is 5. The number of nitrogens with one attached hydrogen (secondary N) is 1. The van der Waals surface area contributed by atoms with Gasteiger partial charge in [-0.25, -0.2) is 31.5 Å². The molecular formula is C20H18F5NO4. The van der Waals surface area contributed by atoms with Gasteiger partial charge in [0.15, 0.2) is 0 Å². The summed E-state index contributed by atoms with van der Waals surface area (Å²) >= 11 is 0. The molecule has 0 aliphatic carbocycles. The lowest BCUT2D eigenvalue weighted by Crippen LogP contribution is -2.33. The van der Waals surface area contributed by atoms with Crippen LogP contribution in [-0.2, 0) is 19.1 Å². The molecular weight excluding hydrogens is 413 g/mol. The molecule has 0 bridgehead atoms. The Morgan fingerprint density at radius 3 is 2.60 bits per heavy atom. The molecule has 1 N–H and O–H groups in total. The standard InChI is InChI=1S/C20H18F5NO4/c1-8(20(2,24)25)14-10(4-9(22)5-11(14)23)15-16(18(27)29-3)12(6-21)26-13-7-30-19(28)17(13)15/h4-5,8,15,26H,6-7H2,1-3H3/t8?,15-/m0/s1. The molecule has 10 heteroatoms. The molecule has 30 heavy (non-hydrogen) atoms. The van der Waals surface area contributed by atoms with Crippen LogP contribution < -0.4 is 5.32 Å². The fraction of sp³-hybridized carbons (Fsp3) is 0.400. The Kier molecular flexibility index (Phi) is 5.62. The van der Waals surface area contributed by atoms with Crippen molar-refractivity contribution in [1.82, 2.24) is 5.32 Å². The minimum absolute atomic E-state index is 0.0804. The van der Waals surface area contributed by atoms with Gasteiger partial charge in [0.2, 0.25) is 0 Å². The second kappa shape index (κ2) is 7.73. The number of hydrogen-bond donors (Lipinski definition) is 1. The van der Waals surface area contributed by atoms with Crippen LogP contribution >= 0.6 is 0 Å². The van der Waals surface area contributed by atoms with E-state index in [1.54, 1.807) is 0 Å². The molecule has 2 aliphatic heterocycles. The molecule has 1 aromatic carbocycles. The number of cyclic esters (lactones) is 1. The molecule has 0 saturated heterocycles. The average molecular weight is 431 g/mol. The molecule has 0 fully saturated rings. The smallest absolute Gasteiger partial charge is 0.337 e. The maximum Gasteiger partial charge on any atom is 0.337 e. The van der Waals surface area contributed by atoms with E-state index in [0.717, 1.165) is 20.1 Å². The molecule has 162 valence electrons. The van der Waals surface area contributed by atoms with E-state index < -0.39 is 64.7 Å². The Morgan fingerprint density at radius 1 is 1.37 bits per heavy atom. The van der Waals surface area contributed by atoms with Crippen LogP contribution in [0.3, 0.4) is 0 Å². The van der Waals surface area contributed by atoms with Crippen molar-refractivity contribution in [3.63, 3.8) is 0 Å². The number of halogens is 5. The van der Waals surface area contributed by atoms with Gasteiger partial charge in [0, 0.05) is 17.5 Å². The lowest BCUT2D eigenvalue weighted by atomic mass is 9.76. The van der Waals surface area contributed by atoms with E-state index in [-0.39, 0.29) is 23.6 Å². The van der Waals surface area contributed by atoms with Gasteiger partial charge < -0.3 is 14.8 Å². The molecule has 2 aliphatic rings. The van der Waals surface area contributed by atoms with Gasteiger partial charge in [-0.3, -0.25) is 0 Å².